The molecule has 0 spiro atoms. The number of para-hydroxylation sites is 8. The third-order valence-electron chi connectivity index (χ3n) is 30.1. The van der Waals surface area contributed by atoms with Crippen molar-refractivity contribution < 1.29 is 8.83 Å². The van der Waals surface area contributed by atoms with Crippen molar-refractivity contribution in [1.82, 2.24) is 56.3 Å². The molecule has 0 saturated carbocycles. The quantitative estimate of drug-likeness (QED) is 0.0777. The Morgan fingerprint density at radius 2 is 0.439 bits per heavy atom. The van der Waals surface area contributed by atoms with Crippen LogP contribution < -0.4 is 62.2 Å². The van der Waals surface area contributed by atoms with Crippen LogP contribution in [0.25, 0.3) is 183 Å². The second kappa shape index (κ2) is 34.0. The third kappa shape index (κ3) is 13.2. The van der Waals surface area contributed by atoms with E-state index < -0.39 is 24.2 Å². The topological polar surface area (TPSA) is 130 Å². The highest BCUT2D eigenvalue weighted by Gasteiger charge is 2.46. The van der Waals surface area contributed by atoms with Gasteiger partial charge in [-0.3, -0.25) is 26.4 Å². The molecule has 0 N–H and O–H groups in total. The Kier molecular flexibility index (Phi) is 19.7. The summed E-state index contributed by atoms with van der Waals surface area (Å²) in [6.45, 7) is 2.22. The molecular weight excluding hydrogens is 1940 g/mol. The van der Waals surface area contributed by atoms with E-state index in [1.54, 1.807) is 45.3 Å². The van der Waals surface area contributed by atoms with Crippen molar-refractivity contribution in [2.75, 3.05) is 0 Å². The minimum Gasteiger partial charge on any atom is -0.423 e. The number of hydrogen-bond donors (Lipinski definition) is 0. The van der Waals surface area contributed by atoms with Crippen molar-refractivity contribution in [2.45, 2.75) is 6.92 Å². The lowest BCUT2D eigenvalue weighted by Crippen LogP contribution is -2.74. The van der Waals surface area contributed by atoms with Gasteiger partial charge >= 0.3 is 11.7 Å². The molecule has 0 aliphatic heterocycles. The van der Waals surface area contributed by atoms with E-state index in [2.05, 4.69) is 476 Å². The largest absolute Gasteiger partial charge is 0.423 e. The van der Waals surface area contributed by atoms with E-state index in [0.29, 0.717) is 11.7 Å². The summed E-state index contributed by atoms with van der Waals surface area (Å²) in [4.78, 5) is 34.1. The number of hydrogen-bond acceptors (Lipinski definition) is 12. The summed E-state index contributed by atoms with van der Waals surface area (Å²) in [6, 6.07) is 175. The van der Waals surface area contributed by atoms with Crippen LogP contribution in [0.15, 0.2) is 488 Å². The zero-order chi connectivity index (χ0) is 97.4. The van der Waals surface area contributed by atoms with Crippen molar-refractivity contribution in [3.05, 3.63) is 485 Å². The lowest BCUT2D eigenvalue weighted by Gasteiger charge is -2.34. The smallest absolute Gasteiger partial charge is 0.307 e. The number of imidazole rings is 6. The Bertz CT molecular complexity index is 10700. The molecule has 14 nitrogen and oxygen atoms in total. The maximum absolute atomic E-state index is 6.17. The van der Waals surface area contributed by atoms with Gasteiger partial charge in [-0.05, 0) is 243 Å². The summed E-state index contributed by atoms with van der Waals surface area (Å²) in [5, 5.41) is 15.9. The van der Waals surface area contributed by atoms with Gasteiger partial charge < -0.3 is 8.83 Å². The number of nitrogens with zero attached hydrogens (tertiary/aromatic N) is 12. The van der Waals surface area contributed by atoms with Crippen LogP contribution >= 0.6 is 45.3 Å². The van der Waals surface area contributed by atoms with Gasteiger partial charge in [-0.25, -0.2) is 19.9 Å². The highest BCUT2D eigenvalue weighted by atomic mass is 32.1. The molecule has 0 bridgehead atoms. The first-order chi connectivity index (χ1) is 73.2. The fraction of sp³-hybridized carbons (Fsp3) is 0.00787. The summed E-state index contributed by atoms with van der Waals surface area (Å²) in [7, 11) is -8.62. The molecule has 0 aliphatic carbocycles. The van der Waals surface area contributed by atoms with Crippen LogP contribution in [0.4, 0.5) is 0 Å². The number of thiazole rings is 4. The predicted molar refractivity (Wildman–Crippen MR) is 624 cm³/mol. The Hall–Kier alpha value is -17.6. The highest BCUT2D eigenvalue weighted by molar-refractivity contribution is 7.25. The van der Waals surface area contributed by atoms with Crippen LogP contribution in [0.2, 0.25) is 0 Å². The molecule has 12 aromatic heterocycles. The van der Waals surface area contributed by atoms with E-state index in [-0.39, 0.29) is 0 Å². The van der Waals surface area contributed by atoms with Gasteiger partial charge in [0.1, 0.15) is 0 Å². The van der Waals surface area contributed by atoms with Gasteiger partial charge in [0, 0.05) is 0 Å². The van der Waals surface area contributed by atoms with Crippen LogP contribution in [0, 0.1) is 6.92 Å². The number of fused-ring (bicyclic) bond motifs is 30. The van der Waals surface area contributed by atoms with Gasteiger partial charge in [0.25, 0.3) is 0 Å². The van der Waals surface area contributed by atoms with Crippen molar-refractivity contribution in [3.8, 4) is 22.3 Å². The Balaban J connectivity index is 0.000000103. The Morgan fingerprint density at radius 3 is 0.797 bits per heavy atom. The van der Waals surface area contributed by atoms with E-state index in [9.17, 15) is 0 Å². The average molecular weight is 2020 g/mol. The standard InChI is InChI=1S/C45H30N4S2Si.C44H28N4S2Si.C38H24N4O2Si/c1-29-25-37-41(49-39-20-9-11-22-43(39)51-45(49)47-37)28-35(29)30-13-12-18-33(26-30)52(31-14-4-2-5-15-31,32-16-6-3-7-17-32)34-23-24-36-40(27-34)48-38-19-8-10-21-42(38)50-44(48)46-36;1-3-13-31(14-4-1)51(32-15-5-2-6-16-32,34-23-25-36-40(28-34)48-38-19-8-10-21-42(38)50-44(48)46-36)33-17-11-12-29(26-33)30-22-24-35-39(27-30)47-37-18-7-9-20-41(37)49-43(47)45-35;1-3-11-25(12-4-1)45(26-13-5-2-6-14-26,27-19-21-29-33(23-27)41-31-15-7-9-17-35(31)43-37(41)39-29)28-20-22-30-34(24-28)42-32-16-8-10-18-36(32)44-38(42)40-30/h2-28H,1H3;1-28H;1-24H. The molecular formula is C127H82N12O2S4Si3. The minimum atomic E-state index is -2.89. The molecule has 32 rings (SSSR count). The molecule has 148 heavy (non-hydrogen) atoms. The van der Waals surface area contributed by atoms with Gasteiger partial charge in [-0.1, -0.05) is 379 Å². The molecule has 0 saturated heterocycles. The monoisotopic (exact) mass is 2020 g/mol. The van der Waals surface area contributed by atoms with Gasteiger partial charge in [0.05, 0.1) is 118 Å². The second-order valence-electron chi connectivity index (χ2n) is 38.1. The highest BCUT2D eigenvalue weighted by Crippen LogP contribution is 2.40. The van der Waals surface area contributed by atoms with Gasteiger partial charge in [-0.2, -0.15) is 9.97 Å². The van der Waals surface area contributed by atoms with E-state index in [1.807, 2.05) is 36.4 Å². The molecule has 0 radical (unpaired) electrons. The summed E-state index contributed by atoms with van der Waals surface area (Å²) in [6.07, 6.45) is 0. The van der Waals surface area contributed by atoms with Gasteiger partial charge in [-0.15, -0.1) is 0 Å². The van der Waals surface area contributed by atoms with Crippen molar-refractivity contribution in [1.29, 1.82) is 0 Å². The van der Waals surface area contributed by atoms with Gasteiger partial charge in [0.2, 0.25) is 0 Å². The zero-order valence-corrected chi connectivity index (χ0v) is 85.7. The normalized spacial score (nSPS) is 12.4. The average Bonchev–Trinajstić information content (AvgIpc) is 1.27. The molecule has 698 valence electrons. The second-order valence-corrected chi connectivity index (χ2v) is 53.5. The van der Waals surface area contributed by atoms with E-state index >= 15 is 0 Å². The molecule has 0 aliphatic rings. The number of aryl methyl sites for hydroxylation is 1. The predicted octanol–water partition coefficient (Wildman–Crippen LogP) is 24.0. The number of benzene rings is 20. The fourth-order valence-corrected chi connectivity index (χ4v) is 42.1. The number of aromatic nitrogens is 12. The zero-order valence-electron chi connectivity index (χ0n) is 79.4. The number of rotatable bonds is 14. The molecule has 12 heterocycles. The lowest BCUT2D eigenvalue weighted by atomic mass is 10.00. The lowest BCUT2D eigenvalue weighted by molar-refractivity contribution is 0.642. The van der Waals surface area contributed by atoms with Crippen LogP contribution in [0.1, 0.15) is 5.56 Å². The molecule has 0 fully saturated rings. The fourth-order valence-electron chi connectivity index (χ4n) is 23.6. The third-order valence-corrected chi connectivity index (χ3v) is 48.5. The van der Waals surface area contributed by atoms with Crippen LogP contribution in [0.5, 0.6) is 0 Å². The molecule has 0 unspecified atom stereocenters. The van der Waals surface area contributed by atoms with Crippen molar-refractivity contribution in [3.63, 3.8) is 0 Å². The van der Waals surface area contributed by atoms with E-state index in [1.165, 1.54) is 131 Å². The Labute approximate surface area is 864 Å². The summed E-state index contributed by atoms with van der Waals surface area (Å²) < 4.78 is 31.0. The van der Waals surface area contributed by atoms with Crippen molar-refractivity contribution >= 4 is 293 Å². The summed E-state index contributed by atoms with van der Waals surface area (Å²) in [5.74, 6) is 1.20. The maximum atomic E-state index is 6.17. The first-order valence-corrected chi connectivity index (χ1v) is 58.8. The first-order valence-electron chi connectivity index (χ1n) is 49.6. The van der Waals surface area contributed by atoms with Crippen LogP contribution in [-0.2, 0) is 0 Å². The Morgan fingerprint density at radius 1 is 0.182 bits per heavy atom. The first kappa shape index (κ1) is 85.9. The molecule has 20 aromatic carbocycles. The van der Waals surface area contributed by atoms with Gasteiger partial charge in [0.15, 0.2) is 55.2 Å². The molecule has 0 amide bonds. The van der Waals surface area contributed by atoms with Crippen LogP contribution in [-0.4, -0.2) is 80.5 Å². The van der Waals surface area contributed by atoms with E-state index in [0.717, 1.165) is 108 Å². The maximum Gasteiger partial charge on any atom is 0.307 e. The minimum absolute atomic E-state index is 0.602. The van der Waals surface area contributed by atoms with Crippen LogP contribution in [0.3, 0.4) is 0 Å². The molecule has 21 heteroatoms. The number of oxazole rings is 2. The van der Waals surface area contributed by atoms with E-state index in [4.69, 9.17) is 38.7 Å². The summed E-state index contributed by atoms with van der Waals surface area (Å²) >= 11 is 6.99. The van der Waals surface area contributed by atoms with Crippen molar-refractivity contribution in [2.24, 2.45) is 0 Å². The SMILES string of the molecule is Cc1cc2nc3sc4ccccc4n3c2cc1-c1cccc([Si](c2ccccc2)(c2ccccc2)c2ccc3nc4sc5ccccc5n4c3c2)c1.c1ccc([Si](c2ccccc2)(c2ccc3nc4oc5ccccc5n4c3c2)c2ccc3nc4oc5ccccc5n4c3c2)cc1.c1ccc([Si](c2ccccc2)(c2cccc(-c3ccc4nc5sc6ccccc6n5c4c3)c2)c2ccc3nc4sc5ccccc5n4c3c2)cc1. The summed E-state index contributed by atoms with van der Waals surface area (Å²) in [5.41, 5.74) is 27.1. The molecule has 0 atom stereocenters. The molecule has 32 aromatic rings.